The number of benzene rings is 1. The fourth-order valence-corrected chi connectivity index (χ4v) is 2.90. The first kappa shape index (κ1) is 18.1. The van der Waals surface area contributed by atoms with E-state index >= 15 is 0 Å². The smallest absolute Gasteiger partial charge is 0.263 e. The van der Waals surface area contributed by atoms with Crippen molar-refractivity contribution in [3.8, 4) is 5.75 Å². The number of H-pyrrole nitrogens is 1. The number of hydrogen-bond acceptors (Lipinski definition) is 5. The van der Waals surface area contributed by atoms with Crippen LogP contribution in [0.25, 0.3) is 0 Å². The van der Waals surface area contributed by atoms with Gasteiger partial charge in [-0.25, -0.2) is 9.37 Å². The van der Waals surface area contributed by atoms with Gasteiger partial charge < -0.3 is 19.4 Å². The topological polar surface area (TPSA) is 84.5 Å². The molecule has 1 unspecified atom stereocenters. The molecule has 1 fully saturated rings. The van der Waals surface area contributed by atoms with Crippen molar-refractivity contribution in [1.29, 1.82) is 0 Å². The first-order valence-corrected chi connectivity index (χ1v) is 8.31. The standard InChI is InChI=1S/C18H20FN3O4/c1-25-10-12-6-7-22(9-12)18(24)15-8-20-16(21-17(15)23)11-26-14-4-2-13(19)3-5-14/h2-5,8,12H,6-7,9-11H2,1H3,(H,20,21,23). The number of rotatable bonds is 6. The molecule has 1 aromatic heterocycles. The SMILES string of the molecule is COCC1CCN(C(=O)c2cnc(COc3ccc(F)cc3)[nH]c2=O)C1. The molecule has 26 heavy (non-hydrogen) atoms. The Morgan fingerprint density at radius 3 is 2.85 bits per heavy atom. The largest absolute Gasteiger partial charge is 0.486 e. The lowest BCUT2D eigenvalue weighted by Gasteiger charge is -2.16. The van der Waals surface area contributed by atoms with Crippen molar-refractivity contribution < 1.29 is 18.7 Å². The van der Waals surface area contributed by atoms with E-state index in [2.05, 4.69) is 9.97 Å². The number of carbonyl (C=O) groups is 1. The minimum Gasteiger partial charge on any atom is -0.486 e. The number of ether oxygens (including phenoxy) is 2. The number of methoxy groups -OCH3 is 1. The third-order valence-corrected chi connectivity index (χ3v) is 4.25. The lowest BCUT2D eigenvalue weighted by atomic mass is 10.1. The van der Waals surface area contributed by atoms with Gasteiger partial charge in [-0.2, -0.15) is 0 Å². The second-order valence-electron chi connectivity index (χ2n) is 6.18. The van der Waals surface area contributed by atoms with E-state index in [1.54, 1.807) is 12.0 Å². The molecular formula is C18H20FN3O4. The number of aromatic amines is 1. The van der Waals surface area contributed by atoms with Crippen LogP contribution in [0, 0.1) is 11.7 Å². The van der Waals surface area contributed by atoms with Crippen molar-refractivity contribution >= 4 is 5.91 Å². The van der Waals surface area contributed by atoms with E-state index in [9.17, 15) is 14.0 Å². The van der Waals surface area contributed by atoms with E-state index in [4.69, 9.17) is 9.47 Å². The average Bonchev–Trinajstić information content (AvgIpc) is 3.10. The lowest BCUT2D eigenvalue weighted by Crippen LogP contribution is -2.34. The molecule has 1 aliphatic heterocycles. The Morgan fingerprint density at radius 1 is 1.38 bits per heavy atom. The number of halogens is 1. The molecule has 1 aromatic carbocycles. The average molecular weight is 361 g/mol. The molecule has 138 valence electrons. The number of carbonyl (C=O) groups excluding carboxylic acids is 1. The van der Waals surface area contributed by atoms with E-state index < -0.39 is 5.56 Å². The van der Waals surface area contributed by atoms with Crippen molar-refractivity contribution in [3.63, 3.8) is 0 Å². The van der Waals surface area contributed by atoms with Crippen LogP contribution in [0.3, 0.4) is 0 Å². The number of likely N-dealkylation sites (tertiary alicyclic amines) is 1. The van der Waals surface area contributed by atoms with Gasteiger partial charge in [-0.1, -0.05) is 0 Å². The summed E-state index contributed by atoms with van der Waals surface area (Å²) in [6.07, 6.45) is 2.13. The molecule has 2 aromatic rings. The fourth-order valence-electron chi connectivity index (χ4n) is 2.90. The summed E-state index contributed by atoms with van der Waals surface area (Å²) in [4.78, 5) is 33.0. The van der Waals surface area contributed by atoms with Crippen molar-refractivity contribution in [2.45, 2.75) is 13.0 Å². The zero-order valence-corrected chi connectivity index (χ0v) is 14.4. The molecule has 0 spiro atoms. The third kappa shape index (κ3) is 4.26. The van der Waals surface area contributed by atoms with Gasteiger partial charge in [0.05, 0.1) is 6.61 Å². The highest BCUT2D eigenvalue weighted by Gasteiger charge is 2.28. The summed E-state index contributed by atoms with van der Waals surface area (Å²) in [6.45, 7) is 1.77. The molecule has 2 heterocycles. The maximum atomic E-state index is 12.9. The van der Waals surface area contributed by atoms with Crippen LogP contribution in [0.2, 0.25) is 0 Å². The Balaban J connectivity index is 1.63. The summed E-state index contributed by atoms with van der Waals surface area (Å²) in [7, 11) is 1.63. The summed E-state index contributed by atoms with van der Waals surface area (Å²) in [5, 5.41) is 0. The van der Waals surface area contributed by atoms with Gasteiger partial charge in [0, 0.05) is 32.3 Å². The van der Waals surface area contributed by atoms with Gasteiger partial charge in [0.2, 0.25) is 0 Å². The Hall–Kier alpha value is -2.74. The summed E-state index contributed by atoms with van der Waals surface area (Å²) in [6, 6.07) is 5.52. The second kappa shape index (κ2) is 8.09. The molecule has 7 nitrogen and oxygen atoms in total. The molecule has 0 radical (unpaired) electrons. The van der Waals surface area contributed by atoms with Crippen LogP contribution in [0.1, 0.15) is 22.6 Å². The highest BCUT2D eigenvalue weighted by Crippen LogP contribution is 2.18. The number of nitrogens with zero attached hydrogens (tertiary/aromatic N) is 2. The molecule has 0 aliphatic carbocycles. The van der Waals surface area contributed by atoms with Gasteiger partial charge in [-0.05, 0) is 30.7 Å². The Kier molecular flexibility index (Phi) is 5.62. The minimum atomic E-state index is -0.502. The molecule has 1 saturated heterocycles. The fraction of sp³-hybridized carbons (Fsp3) is 0.389. The van der Waals surface area contributed by atoms with Crippen molar-refractivity contribution in [3.05, 3.63) is 58.0 Å². The molecule has 0 saturated carbocycles. The predicted molar refractivity (Wildman–Crippen MR) is 91.5 cm³/mol. The summed E-state index contributed by atoms with van der Waals surface area (Å²) < 4.78 is 23.4. The van der Waals surface area contributed by atoms with Crippen LogP contribution in [-0.2, 0) is 11.3 Å². The molecule has 8 heteroatoms. The minimum absolute atomic E-state index is 0.00796. The van der Waals surface area contributed by atoms with Gasteiger partial charge in [0.25, 0.3) is 11.5 Å². The summed E-state index contributed by atoms with van der Waals surface area (Å²) in [5.74, 6) is 0.342. The highest BCUT2D eigenvalue weighted by molar-refractivity contribution is 5.93. The molecule has 1 aliphatic rings. The number of aromatic nitrogens is 2. The zero-order valence-electron chi connectivity index (χ0n) is 14.4. The van der Waals surface area contributed by atoms with E-state index in [1.165, 1.54) is 30.5 Å². The normalized spacial score (nSPS) is 16.7. The molecule has 3 rings (SSSR count). The maximum absolute atomic E-state index is 12.9. The van der Waals surface area contributed by atoms with Crippen LogP contribution < -0.4 is 10.3 Å². The van der Waals surface area contributed by atoms with Gasteiger partial charge in [0.1, 0.15) is 29.6 Å². The van der Waals surface area contributed by atoms with E-state index in [0.717, 1.165) is 6.42 Å². The highest BCUT2D eigenvalue weighted by atomic mass is 19.1. The molecular weight excluding hydrogens is 341 g/mol. The van der Waals surface area contributed by atoms with Crippen molar-refractivity contribution in [1.82, 2.24) is 14.9 Å². The van der Waals surface area contributed by atoms with Crippen LogP contribution in [0.5, 0.6) is 5.75 Å². The van der Waals surface area contributed by atoms with Gasteiger partial charge in [-0.15, -0.1) is 0 Å². The molecule has 1 atom stereocenters. The maximum Gasteiger partial charge on any atom is 0.263 e. The van der Waals surface area contributed by atoms with Crippen LogP contribution in [0.4, 0.5) is 4.39 Å². The number of hydrogen-bond donors (Lipinski definition) is 1. The van der Waals surface area contributed by atoms with Crippen molar-refractivity contribution in [2.24, 2.45) is 5.92 Å². The Morgan fingerprint density at radius 2 is 2.15 bits per heavy atom. The van der Waals surface area contributed by atoms with Crippen LogP contribution >= 0.6 is 0 Å². The van der Waals surface area contributed by atoms with Gasteiger partial charge in [0.15, 0.2) is 0 Å². The van der Waals surface area contributed by atoms with Gasteiger partial charge >= 0.3 is 0 Å². The van der Waals surface area contributed by atoms with Gasteiger partial charge in [-0.3, -0.25) is 9.59 Å². The quantitative estimate of drug-likeness (QED) is 0.845. The predicted octanol–water partition coefficient (Wildman–Crippen LogP) is 1.60. The number of nitrogens with one attached hydrogen (secondary N) is 1. The monoisotopic (exact) mass is 361 g/mol. The first-order valence-electron chi connectivity index (χ1n) is 8.31. The first-order chi connectivity index (χ1) is 12.6. The molecule has 1 N–H and O–H groups in total. The van der Waals surface area contributed by atoms with E-state index in [0.29, 0.717) is 31.4 Å². The van der Waals surface area contributed by atoms with E-state index in [1.807, 2.05) is 0 Å². The summed E-state index contributed by atoms with van der Waals surface area (Å²) >= 11 is 0. The van der Waals surface area contributed by atoms with Crippen molar-refractivity contribution in [2.75, 3.05) is 26.8 Å². The Labute approximate surface area is 149 Å². The molecule has 0 bridgehead atoms. The second-order valence-corrected chi connectivity index (χ2v) is 6.18. The van der Waals surface area contributed by atoms with Crippen LogP contribution in [-0.4, -0.2) is 47.6 Å². The summed E-state index contributed by atoms with van der Waals surface area (Å²) in [5.41, 5.74) is -0.494. The third-order valence-electron chi connectivity index (χ3n) is 4.25. The van der Waals surface area contributed by atoms with E-state index in [-0.39, 0.29) is 29.7 Å². The van der Waals surface area contributed by atoms with Crippen LogP contribution in [0.15, 0.2) is 35.3 Å². The Bertz CT molecular complexity index is 822. The lowest BCUT2D eigenvalue weighted by molar-refractivity contribution is 0.0773. The number of amides is 1. The molecule has 1 amide bonds. The zero-order chi connectivity index (χ0) is 18.5.